The summed E-state index contributed by atoms with van der Waals surface area (Å²) in [5.41, 5.74) is -1.26. The van der Waals surface area contributed by atoms with Gasteiger partial charge in [-0.2, -0.15) is 0 Å². The zero-order valence-electron chi connectivity index (χ0n) is 12.4. The highest BCUT2D eigenvalue weighted by Crippen LogP contribution is 2.43. The number of benzene rings is 1. The molecule has 0 radical (unpaired) electrons. The largest absolute Gasteiger partial charge is 0.304 e. The molecule has 1 aromatic carbocycles. The van der Waals surface area contributed by atoms with Crippen LogP contribution in [0.25, 0.3) is 0 Å². The van der Waals surface area contributed by atoms with Crippen LogP contribution in [-0.2, 0) is 4.79 Å². The predicted molar refractivity (Wildman–Crippen MR) is 81.6 cm³/mol. The maximum atomic E-state index is 14.2. The Balaban J connectivity index is 2.25. The van der Waals surface area contributed by atoms with Crippen molar-refractivity contribution in [3.63, 3.8) is 0 Å². The molecule has 1 amide bonds. The van der Waals surface area contributed by atoms with E-state index < -0.39 is 22.4 Å². The van der Waals surface area contributed by atoms with E-state index in [1.165, 1.54) is 19.9 Å². The van der Waals surface area contributed by atoms with Crippen molar-refractivity contribution in [1.82, 2.24) is 5.32 Å². The Labute approximate surface area is 127 Å². The molecule has 1 heterocycles. The fourth-order valence-corrected chi connectivity index (χ4v) is 3.12. The fourth-order valence-electron chi connectivity index (χ4n) is 1.99. The van der Waals surface area contributed by atoms with E-state index in [9.17, 15) is 13.6 Å². The van der Waals surface area contributed by atoms with Crippen LogP contribution in [0, 0.1) is 5.82 Å². The first kappa shape index (κ1) is 15.9. The van der Waals surface area contributed by atoms with Gasteiger partial charge in [-0.05, 0) is 33.8 Å². The Bertz CT molecular complexity index is 598. The van der Waals surface area contributed by atoms with Crippen molar-refractivity contribution in [2.24, 2.45) is 4.99 Å². The van der Waals surface area contributed by atoms with Crippen LogP contribution in [0.4, 0.5) is 8.78 Å². The number of alkyl halides is 1. The van der Waals surface area contributed by atoms with Gasteiger partial charge < -0.3 is 5.32 Å². The van der Waals surface area contributed by atoms with E-state index in [-0.39, 0.29) is 5.82 Å². The molecule has 0 saturated carbocycles. The third-order valence-corrected chi connectivity index (χ3v) is 5.24. The van der Waals surface area contributed by atoms with Gasteiger partial charge >= 0.3 is 0 Å². The summed E-state index contributed by atoms with van der Waals surface area (Å²) in [5, 5.41) is 2.91. The second kappa shape index (κ2) is 5.40. The minimum absolute atomic E-state index is 0.323. The summed E-state index contributed by atoms with van der Waals surface area (Å²) in [5.74, 6) is -0.767. The normalized spacial score (nSPS) is 26.0. The van der Waals surface area contributed by atoms with Gasteiger partial charge in [0.1, 0.15) is 16.2 Å². The summed E-state index contributed by atoms with van der Waals surface area (Å²) in [6.07, 6.45) is 0. The molecule has 1 aliphatic rings. The molecular weight excluding hydrogens is 294 g/mol. The van der Waals surface area contributed by atoms with E-state index in [0.29, 0.717) is 10.7 Å². The second-order valence-electron chi connectivity index (χ2n) is 5.69. The van der Waals surface area contributed by atoms with E-state index >= 15 is 0 Å². The van der Waals surface area contributed by atoms with Gasteiger partial charge in [-0.1, -0.05) is 30.0 Å². The predicted octanol–water partition coefficient (Wildman–Crippen LogP) is 3.61. The van der Waals surface area contributed by atoms with Gasteiger partial charge in [-0.15, -0.1) is 0 Å². The monoisotopic (exact) mass is 312 g/mol. The van der Waals surface area contributed by atoms with Crippen LogP contribution in [0.1, 0.15) is 39.3 Å². The highest BCUT2D eigenvalue weighted by molar-refractivity contribution is 8.16. The number of amides is 1. The first-order valence-corrected chi connectivity index (χ1v) is 7.48. The highest BCUT2D eigenvalue weighted by atomic mass is 32.2. The lowest BCUT2D eigenvalue weighted by molar-refractivity contribution is -0.124. The molecule has 0 bridgehead atoms. The maximum Gasteiger partial charge on any atom is 0.245 e. The smallest absolute Gasteiger partial charge is 0.245 e. The third-order valence-electron chi connectivity index (χ3n) is 3.76. The molecule has 1 unspecified atom stereocenters. The summed E-state index contributed by atoms with van der Waals surface area (Å²) >= 11 is 1.05. The van der Waals surface area contributed by atoms with Crippen molar-refractivity contribution in [2.45, 2.75) is 44.2 Å². The van der Waals surface area contributed by atoms with Crippen LogP contribution in [0.3, 0.4) is 0 Å². The maximum absolute atomic E-state index is 14.2. The molecule has 1 saturated heterocycles. The Morgan fingerprint density at radius 1 is 1.38 bits per heavy atom. The topological polar surface area (TPSA) is 41.5 Å². The molecule has 6 heteroatoms. The third kappa shape index (κ3) is 2.95. The molecule has 1 fully saturated rings. The van der Waals surface area contributed by atoms with Crippen molar-refractivity contribution in [3.8, 4) is 0 Å². The summed E-state index contributed by atoms with van der Waals surface area (Å²) in [6, 6.07) is 5.88. The number of nitrogens with zero attached hydrogens (tertiary/aromatic N) is 1. The van der Waals surface area contributed by atoms with Gasteiger partial charge in [0, 0.05) is 5.56 Å². The van der Waals surface area contributed by atoms with Crippen molar-refractivity contribution in [1.29, 1.82) is 0 Å². The lowest BCUT2D eigenvalue weighted by atomic mass is 9.93. The first-order chi connectivity index (χ1) is 9.65. The number of rotatable bonds is 3. The quantitative estimate of drug-likeness (QED) is 0.926. The highest BCUT2D eigenvalue weighted by Gasteiger charge is 2.54. The van der Waals surface area contributed by atoms with Gasteiger partial charge in [0.05, 0.1) is 6.04 Å². The van der Waals surface area contributed by atoms with Crippen LogP contribution in [0.15, 0.2) is 29.3 Å². The summed E-state index contributed by atoms with van der Waals surface area (Å²) in [6.45, 7) is 6.00. The number of amidine groups is 1. The van der Waals surface area contributed by atoms with E-state index in [4.69, 9.17) is 0 Å². The molecule has 0 spiro atoms. The van der Waals surface area contributed by atoms with Gasteiger partial charge in [0.25, 0.3) is 0 Å². The summed E-state index contributed by atoms with van der Waals surface area (Å²) < 4.78 is 26.7. The van der Waals surface area contributed by atoms with E-state index in [1.807, 2.05) is 0 Å². The molecule has 3 nitrogen and oxygen atoms in total. The Morgan fingerprint density at radius 3 is 2.52 bits per heavy atom. The Morgan fingerprint density at radius 2 is 2.00 bits per heavy atom. The van der Waals surface area contributed by atoms with Crippen LogP contribution >= 0.6 is 11.8 Å². The SMILES string of the molecule is C[C@H](N=C1NC(=O)C(C)(C(C)(C)F)S1)c1ccccc1F. The molecule has 1 N–H and O–H groups in total. The molecule has 0 aromatic heterocycles. The van der Waals surface area contributed by atoms with Crippen molar-refractivity contribution in [3.05, 3.63) is 35.6 Å². The number of carbonyl (C=O) groups excluding carboxylic acids is 1. The zero-order chi connectivity index (χ0) is 15.8. The van der Waals surface area contributed by atoms with Crippen molar-refractivity contribution < 1.29 is 13.6 Å². The first-order valence-electron chi connectivity index (χ1n) is 6.67. The minimum atomic E-state index is -1.69. The Hall–Kier alpha value is -1.43. The minimum Gasteiger partial charge on any atom is -0.304 e. The average molecular weight is 312 g/mol. The standard InChI is InChI=1S/C15H18F2N2OS/c1-9(10-7-5-6-8-11(10)16)18-13-19-12(20)15(4,21-13)14(2,3)17/h5-9H,1-4H3,(H,18,19,20)/t9-,15?/m0/s1. The average Bonchev–Trinajstić information content (AvgIpc) is 2.65. The number of nitrogens with one attached hydrogen (secondary N) is 1. The molecule has 114 valence electrons. The van der Waals surface area contributed by atoms with Gasteiger partial charge in [-0.25, -0.2) is 8.78 Å². The van der Waals surface area contributed by atoms with Crippen LogP contribution in [0.5, 0.6) is 0 Å². The fraction of sp³-hybridized carbons (Fsp3) is 0.467. The lowest BCUT2D eigenvalue weighted by Gasteiger charge is -2.29. The van der Waals surface area contributed by atoms with Gasteiger partial charge in [0.2, 0.25) is 5.91 Å². The Kier molecular flexibility index (Phi) is 4.10. The lowest BCUT2D eigenvalue weighted by Crippen LogP contribution is -2.48. The van der Waals surface area contributed by atoms with Crippen LogP contribution in [0.2, 0.25) is 0 Å². The molecular formula is C15H18F2N2OS. The van der Waals surface area contributed by atoms with E-state index in [2.05, 4.69) is 10.3 Å². The van der Waals surface area contributed by atoms with E-state index in [0.717, 1.165) is 11.8 Å². The number of carbonyl (C=O) groups is 1. The van der Waals surface area contributed by atoms with Crippen molar-refractivity contribution >= 4 is 22.8 Å². The molecule has 21 heavy (non-hydrogen) atoms. The summed E-state index contributed by atoms with van der Waals surface area (Å²) in [7, 11) is 0. The van der Waals surface area contributed by atoms with E-state index in [1.54, 1.807) is 32.0 Å². The molecule has 1 aromatic rings. The van der Waals surface area contributed by atoms with Crippen LogP contribution < -0.4 is 5.32 Å². The summed E-state index contributed by atoms with van der Waals surface area (Å²) in [4.78, 5) is 16.3. The number of thioether (sulfide) groups is 1. The number of halogens is 2. The number of hydrogen-bond acceptors (Lipinski definition) is 3. The van der Waals surface area contributed by atoms with Crippen molar-refractivity contribution in [2.75, 3.05) is 0 Å². The molecule has 1 aliphatic heterocycles. The second-order valence-corrected chi connectivity index (χ2v) is 7.10. The molecule has 0 aliphatic carbocycles. The molecule has 2 atom stereocenters. The number of hydrogen-bond donors (Lipinski definition) is 1. The van der Waals surface area contributed by atoms with Gasteiger partial charge in [0.15, 0.2) is 5.17 Å². The van der Waals surface area contributed by atoms with Crippen LogP contribution in [-0.4, -0.2) is 21.5 Å². The zero-order valence-corrected chi connectivity index (χ0v) is 13.2. The van der Waals surface area contributed by atoms with Gasteiger partial charge in [-0.3, -0.25) is 9.79 Å². The number of aliphatic imine (C=N–C) groups is 1. The molecule has 2 rings (SSSR count).